The molecule has 6 nitrogen and oxygen atoms in total. The van der Waals surface area contributed by atoms with Crippen molar-refractivity contribution in [2.75, 3.05) is 19.0 Å². The van der Waals surface area contributed by atoms with Crippen LogP contribution in [0.15, 0.2) is 47.9 Å². The number of amides is 1. The summed E-state index contributed by atoms with van der Waals surface area (Å²) in [5, 5.41) is 3.83. The average Bonchev–Trinajstić information content (AvgIpc) is 2.61. The van der Waals surface area contributed by atoms with Gasteiger partial charge >= 0.3 is 0 Å². The van der Waals surface area contributed by atoms with Crippen LogP contribution >= 0.6 is 0 Å². The fourth-order valence-electron chi connectivity index (χ4n) is 2.33. The number of rotatable bonds is 8. The van der Waals surface area contributed by atoms with E-state index in [0.29, 0.717) is 11.4 Å². The van der Waals surface area contributed by atoms with Gasteiger partial charge in [-0.15, -0.1) is 0 Å². The number of ether oxygens (including phenoxy) is 1. The van der Waals surface area contributed by atoms with Crippen LogP contribution in [-0.2, 0) is 14.8 Å². The number of benzene rings is 2. The molecular formula is C20H24N2O4S. The van der Waals surface area contributed by atoms with Crippen molar-refractivity contribution in [1.29, 1.82) is 0 Å². The molecule has 0 saturated heterocycles. The summed E-state index contributed by atoms with van der Waals surface area (Å²) in [5.74, 6) is 0.250. The molecule has 0 aliphatic heterocycles. The molecule has 0 unspecified atom stereocenters. The van der Waals surface area contributed by atoms with E-state index >= 15 is 0 Å². The van der Waals surface area contributed by atoms with Crippen LogP contribution < -0.4 is 14.8 Å². The second-order valence-electron chi connectivity index (χ2n) is 6.15. The number of hydrogen-bond acceptors (Lipinski definition) is 4. The van der Waals surface area contributed by atoms with Gasteiger partial charge in [0.25, 0.3) is 0 Å². The van der Waals surface area contributed by atoms with Gasteiger partial charge in [0.2, 0.25) is 15.9 Å². The van der Waals surface area contributed by atoms with Gasteiger partial charge in [0.05, 0.1) is 12.8 Å². The Hall–Kier alpha value is -2.64. The third kappa shape index (κ3) is 6.88. The Balaban J connectivity index is 1.86. The third-order valence-electron chi connectivity index (χ3n) is 3.80. The first-order valence-electron chi connectivity index (χ1n) is 8.48. The number of carbonyl (C=O) groups excluding carboxylic acids is 1. The van der Waals surface area contributed by atoms with E-state index < -0.39 is 10.0 Å². The zero-order valence-electron chi connectivity index (χ0n) is 15.7. The normalized spacial score (nSPS) is 11.5. The van der Waals surface area contributed by atoms with E-state index in [4.69, 9.17) is 4.74 Å². The highest BCUT2D eigenvalue weighted by Gasteiger charge is 2.10. The average molecular weight is 388 g/mol. The number of aryl methyl sites for hydroxylation is 2. The molecular weight excluding hydrogens is 364 g/mol. The monoisotopic (exact) mass is 388 g/mol. The zero-order valence-corrected chi connectivity index (χ0v) is 16.5. The van der Waals surface area contributed by atoms with Crippen molar-refractivity contribution in [2.45, 2.75) is 20.3 Å². The molecule has 0 aliphatic rings. The Morgan fingerprint density at radius 3 is 2.41 bits per heavy atom. The molecule has 0 heterocycles. The number of hydrogen-bond donors (Lipinski definition) is 2. The minimum atomic E-state index is -3.61. The topological polar surface area (TPSA) is 84.5 Å². The predicted octanol–water partition coefficient (Wildman–Crippen LogP) is 3.23. The van der Waals surface area contributed by atoms with Gasteiger partial charge in [0, 0.05) is 18.4 Å². The summed E-state index contributed by atoms with van der Waals surface area (Å²) in [4.78, 5) is 12.1. The lowest BCUT2D eigenvalue weighted by atomic mass is 10.2. The van der Waals surface area contributed by atoms with Gasteiger partial charge in [0.15, 0.2) is 0 Å². The van der Waals surface area contributed by atoms with Crippen LogP contribution in [0.5, 0.6) is 5.75 Å². The molecule has 2 rings (SSSR count). The highest BCUT2D eigenvalue weighted by atomic mass is 32.2. The maximum Gasteiger partial charge on any atom is 0.233 e. The third-order valence-corrected chi connectivity index (χ3v) is 4.90. The Labute approximate surface area is 160 Å². The van der Waals surface area contributed by atoms with Crippen molar-refractivity contribution >= 4 is 27.7 Å². The molecule has 2 aromatic rings. The van der Waals surface area contributed by atoms with Gasteiger partial charge in [-0.25, -0.2) is 13.1 Å². The number of anilines is 1. The van der Waals surface area contributed by atoms with Crippen LogP contribution in [0.4, 0.5) is 5.69 Å². The standard InChI is InChI=1S/C20H24N2O4S/c1-15-4-7-17(8-5-15)11-13-27(24,25)21-12-10-20(23)22-18-14-16(2)6-9-19(18)26-3/h4-9,11,13-14,21H,10,12H2,1-3H3,(H,22,23). The summed E-state index contributed by atoms with van der Waals surface area (Å²) < 4.78 is 31.6. The summed E-state index contributed by atoms with van der Waals surface area (Å²) in [6.45, 7) is 3.87. The van der Waals surface area contributed by atoms with Crippen LogP contribution in [0.1, 0.15) is 23.1 Å². The lowest BCUT2D eigenvalue weighted by Crippen LogP contribution is -2.26. The van der Waals surface area contributed by atoms with Crippen molar-refractivity contribution in [3.63, 3.8) is 0 Å². The van der Waals surface area contributed by atoms with Crippen molar-refractivity contribution in [3.05, 3.63) is 64.6 Å². The highest BCUT2D eigenvalue weighted by molar-refractivity contribution is 7.92. The van der Waals surface area contributed by atoms with Gasteiger partial charge in [-0.2, -0.15) is 0 Å². The summed E-state index contributed by atoms with van der Waals surface area (Å²) in [7, 11) is -2.09. The van der Waals surface area contributed by atoms with Crippen LogP contribution in [0.2, 0.25) is 0 Å². The number of methoxy groups -OCH3 is 1. The van der Waals surface area contributed by atoms with Crippen LogP contribution in [0, 0.1) is 13.8 Å². The molecule has 0 saturated carbocycles. The first-order valence-corrected chi connectivity index (χ1v) is 10.0. The molecule has 0 atom stereocenters. The number of nitrogens with one attached hydrogen (secondary N) is 2. The first-order chi connectivity index (χ1) is 12.8. The molecule has 0 radical (unpaired) electrons. The molecule has 1 amide bonds. The van der Waals surface area contributed by atoms with E-state index in [0.717, 1.165) is 22.1 Å². The van der Waals surface area contributed by atoms with Gasteiger partial charge in [0.1, 0.15) is 5.75 Å². The van der Waals surface area contributed by atoms with Gasteiger partial charge in [-0.3, -0.25) is 4.79 Å². The summed E-state index contributed by atoms with van der Waals surface area (Å²) in [5.41, 5.74) is 3.43. The maximum absolute atomic E-state index is 12.1. The molecule has 2 aromatic carbocycles. The van der Waals surface area contributed by atoms with Crippen molar-refractivity contribution in [2.24, 2.45) is 0 Å². The molecule has 0 bridgehead atoms. The van der Waals surface area contributed by atoms with Crippen LogP contribution in [-0.4, -0.2) is 28.0 Å². The molecule has 0 spiro atoms. The minimum Gasteiger partial charge on any atom is -0.495 e. The molecule has 0 fully saturated rings. The largest absolute Gasteiger partial charge is 0.495 e. The van der Waals surface area contributed by atoms with Crippen molar-refractivity contribution < 1.29 is 17.9 Å². The van der Waals surface area contributed by atoms with Gasteiger partial charge in [-0.1, -0.05) is 35.9 Å². The summed E-state index contributed by atoms with van der Waals surface area (Å²) in [6.07, 6.45) is 1.52. The molecule has 0 aromatic heterocycles. The molecule has 7 heteroatoms. The first kappa shape index (κ1) is 20.7. The Bertz CT molecular complexity index is 919. The molecule has 144 valence electrons. The van der Waals surface area contributed by atoms with E-state index in [1.54, 1.807) is 12.1 Å². The number of carbonyl (C=O) groups is 1. The van der Waals surface area contributed by atoms with E-state index in [-0.39, 0.29) is 18.9 Å². The fourth-order valence-corrected chi connectivity index (χ4v) is 3.15. The Morgan fingerprint density at radius 2 is 1.74 bits per heavy atom. The summed E-state index contributed by atoms with van der Waals surface area (Å²) >= 11 is 0. The molecule has 2 N–H and O–H groups in total. The van der Waals surface area contributed by atoms with Crippen LogP contribution in [0.3, 0.4) is 0 Å². The maximum atomic E-state index is 12.1. The predicted molar refractivity (Wildman–Crippen MR) is 108 cm³/mol. The second-order valence-corrected chi connectivity index (χ2v) is 7.81. The molecule has 27 heavy (non-hydrogen) atoms. The van der Waals surface area contributed by atoms with Gasteiger partial charge in [-0.05, 0) is 43.2 Å². The number of sulfonamides is 1. The van der Waals surface area contributed by atoms with Crippen LogP contribution in [0.25, 0.3) is 6.08 Å². The van der Waals surface area contributed by atoms with E-state index in [2.05, 4.69) is 10.0 Å². The zero-order chi connectivity index (χ0) is 19.9. The second kappa shape index (κ2) is 9.34. The van der Waals surface area contributed by atoms with Crippen molar-refractivity contribution in [1.82, 2.24) is 4.72 Å². The van der Waals surface area contributed by atoms with E-state index in [1.165, 1.54) is 13.2 Å². The fraction of sp³-hybridized carbons (Fsp3) is 0.250. The van der Waals surface area contributed by atoms with E-state index in [9.17, 15) is 13.2 Å². The lowest BCUT2D eigenvalue weighted by molar-refractivity contribution is -0.116. The smallest absolute Gasteiger partial charge is 0.233 e. The SMILES string of the molecule is COc1ccc(C)cc1NC(=O)CCNS(=O)(=O)C=Cc1ccc(C)cc1. The highest BCUT2D eigenvalue weighted by Crippen LogP contribution is 2.25. The van der Waals surface area contributed by atoms with Gasteiger partial charge < -0.3 is 10.1 Å². The molecule has 0 aliphatic carbocycles. The Morgan fingerprint density at radius 1 is 1.07 bits per heavy atom. The van der Waals surface area contributed by atoms with E-state index in [1.807, 2.05) is 44.2 Å². The quantitative estimate of drug-likeness (QED) is 0.727. The Kier molecular flexibility index (Phi) is 7.15. The summed E-state index contributed by atoms with van der Waals surface area (Å²) in [6, 6.07) is 12.9. The lowest BCUT2D eigenvalue weighted by Gasteiger charge is -2.11. The minimum absolute atomic E-state index is 0.000531. The van der Waals surface area contributed by atoms with Crippen molar-refractivity contribution in [3.8, 4) is 5.75 Å².